The van der Waals surface area contributed by atoms with Gasteiger partial charge in [-0.05, 0) is 11.6 Å². The average Bonchev–Trinajstić information content (AvgIpc) is 2.76. The SMILES string of the molecule is CC1CN(C(=O)NCCC(=O)N(C)C)c2ccccc21. The van der Waals surface area contributed by atoms with Gasteiger partial charge in [-0.3, -0.25) is 9.69 Å². The van der Waals surface area contributed by atoms with Crippen molar-refractivity contribution in [3.8, 4) is 0 Å². The lowest BCUT2D eigenvalue weighted by Gasteiger charge is -2.18. The lowest BCUT2D eigenvalue weighted by molar-refractivity contribution is -0.128. The topological polar surface area (TPSA) is 52.7 Å². The molecule has 1 aromatic carbocycles. The third kappa shape index (κ3) is 2.92. The minimum Gasteiger partial charge on any atom is -0.349 e. The first-order valence-corrected chi connectivity index (χ1v) is 6.85. The minimum absolute atomic E-state index is 0.0143. The van der Waals surface area contributed by atoms with E-state index in [2.05, 4.69) is 18.3 Å². The molecule has 20 heavy (non-hydrogen) atoms. The molecule has 0 saturated carbocycles. The highest BCUT2D eigenvalue weighted by Crippen LogP contribution is 2.35. The van der Waals surface area contributed by atoms with Crippen LogP contribution in [0.4, 0.5) is 10.5 Å². The molecule has 1 atom stereocenters. The monoisotopic (exact) mass is 275 g/mol. The lowest BCUT2D eigenvalue weighted by Crippen LogP contribution is -2.40. The molecule has 2 rings (SSSR count). The van der Waals surface area contributed by atoms with Gasteiger partial charge in [-0.2, -0.15) is 0 Å². The molecule has 1 N–H and O–H groups in total. The van der Waals surface area contributed by atoms with Gasteiger partial charge in [0.15, 0.2) is 0 Å². The molecule has 1 aromatic rings. The molecule has 0 spiro atoms. The van der Waals surface area contributed by atoms with Gasteiger partial charge in [-0.15, -0.1) is 0 Å². The maximum Gasteiger partial charge on any atom is 0.321 e. The summed E-state index contributed by atoms with van der Waals surface area (Å²) in [6, 6.07) is 7.82. The molecule has 1 aliphatic heterocycles. The van der Waals surface area contributed by atoms with Crippen LogP contribution in [0.2, 0.25) is 0 Å². The van der Waals surface area contributed by atoms with Crippen LogP contribution in [-0.2, 0) is 4.79 Å². The van der Waals surface area contributed by atoms with Gasteiger partial charge >= 0.3 is 6.03 Å². The summed E-state index contributed by atoms with van der Waals surface area (Å²) in [4.78, 5) is 26.9. The number of nitrogens with zero attached hydrogens (tertiary/aromatic N) is 2. The largest absolute Gasteiger partial charge is 0.349 e. The first-order valence-electron chi connectivity index (χ1n) is 6.85. The quantitative estimate of drug-likeness (QED) is 0.914. The Kier molecular flexibility index (Phi) is 4.27. The van der Waals surface area contributed by atoms with E-state index < -0.39 is 0 Å². The summed E-state index contributed by atoms with van der Waals surface area (Å²) in [7, 11) is 3.42. The number of urea groups is 1. The smallest absolute Gasteiger partial charge is 0.321 e. The number of rotatable bonds is 3. The standard InChI is InChI=1S/C15H21N3O2/c1-11-10-18(13-7-5-4-6-12(11)13)15(20)16-9-8-14(19)17(2)3/h4-7,11H,8-10H2,1-3H3,(H,16,20). The van der Waals surface area contributed by atoms with Crippen LogP contribution in [0.5, 0.6) is 0 Å². The maximum absolute atomic E-state index is 12.2. The van der Waals surface area contributed by atoms with Gasteiger partial charge in [0.1, 0.15) is 0 Å². The van der Waals surface area contributed by atoms with E-state index in [1.165, 1.54) is 10.5 Å². The lowest BCUT2D eigenvalue weighted by atomic mass is 10.0. The Morgan fingerprint density at radius 3 is 2.75 bits per heavy atom. The van der Waals surface area contributed by atoms with Crippen LogP contribution < -0.4 is 10.2 Å². The van der Waals surface area contributed by atoms with Gasteiger partial charge < -0.3 is 10.2 Å². The fraction of sp³-hybridized carbons (Fsp3) is 0.467. The fourth-order valence-corrected chi connectivity index (χ4v) is 2.41. The summed E-state index contributed by atoms with van der Waals surface area (Å²) in [5.74, 6) is 0.362. The fourth-order valence-electron chi connectivity index (χ4n) is 2.41. The molecular formula is C15H21N3O2. The van der Waals surface area contributed by atoms with Crippen molar-refractivity contribution in [1.29, 1.82) is 0 Å². The Hall–Kier alpha value is -2.04. The van der Waals surface area contributed by atoms with Gasteiger partial charge in [0.05, 0.1) is 0 Å². The molecule has 1 heterocycles. The molecule has 0 aromatic heterocycles. The molecule has 1 aliphatic rings. The van der Waals surface area contributed by atoms with Crippen LogP contribution in [0.15, 0.2) is 24.3 Å². The summed E-state index contributed by atoms with van der Waals surface area (Å²) in [5, 5.41) is 2.81. The van der Waals surface area contributed by atoms with Crippen molar-refractivity contribution in [2.45, 2.75) is 19.3 Å². The molecule has 1 unspecified atom stereocenters. The number of hydrogen-bond acceptors (Lipinski definition) is 2. The molecule has 5 heteroatoms. The van der Waals surface area contributed by atoms with Crippen molar-refractivity contribution in [1.82, 2.24) is 10.2 Å². The van der Waals surface area contributed by atoms with E-state index in [0.29, 0.717) is 25.4 Å². The summed E-state index contributed by atoms with van der Waals surface area (Å²) >= 11 is 0. The second kappa shape index (κ2) is 5.94. The van der Waals surface area contributed by atoms with E-state index in [9.17, 15) is 9.59 Å². The van der Waals surface area contributed by atoms with Crippen LogP contribution in [-0.4, -0.2) is 44.0 Å². The molecule has 5 nitrogen and oxygen atoms in total. The van der Waals surface area contributed by atoms with Crippen LogP contribution in [0.1, 0.15) is 24.8 Å². The minimum atomic E-state index is -0.131. The van der Waals surface area contributed by atoms with Crippen molar-refractivity contribution in [2.24, 2.45) is 0 Å². The molecule has 0 saturated heterocycles. The summed E-state index contributed by atoms with van der Waals surface area (Å²) in [6.45, 7) is 3.16. The van der Waals surface area contributed by atoms with Crippen LogP contribution >= 0.6 is 0 Å². The average molecular weight is 275 g/mol. The Balaban J connectivity index is 1.93. The van der Waals surface area contributed by atoms with E-state index in [0.717, 1.165) is 5.69 Å². The number of para-hydroxylation sites is 1. The van der Waals surface area contributed by atoms with Crippen LogP contribution in [0.3, 0.4) is 0 Å². The highest BCUT2D eigenvalue weighted by Gasteiger charge is 2.29. The molecule has 108 valence electrons. The highest BCUT2D eigenvalue weighted by atomic mass is 16.2. The number of carbonyl (C=O) groups excluding carboxylic acids is 2. The molecule has 0 bridgehead atoms. The third-order valence-electron chi connectivity index (χ3n) is 3.57. The molecule has 0 radical (unpaired) electrons. The van der Waals surface area contributed by atoms with Gasteiger partial charge in [0.2, 0.25) is 5.91 Å². The van der Waals surface area contributed by atoms with E-state index >= 15 is 0 Å². The van der Waals surface area contributed by atoms with Crippen molar-refractivity contribution in [2.75, 3.05) is 32.1 Å². The second-order valence-corrected chi connectivity index (χ2v) is 5.34. The van der Waals surface area contributed by atoms with Gasteiger partial charge in [-0.1, -0.05) is 25.1 Å². The molecule has 0 fully saturated rings. The zero-order chi connectivity index (χ0) is 14.7. The van der Waals surface area contributed by atoms with E-state index in [1.54, 1.807) is 19.0 Å². The van der Waals surface area contributed by atoms with Crippen LogP contribution in [0, 0.1) is 0 Å². The first kappa shape index (κ1) is 14.4. The Morgan fingerprint density at radius 1 is 1.35 bits per heavy atom. The third-order valence-corrected chi connectivity index (χ3v) is 3.57. The second-order valence-electron chi connectivity index (χ2n) is 5.34. The molecule has 3 amide bonds. The summed E-state index contributed by atoms with van der Waals surface area (Å²) < 4.78 is 0. The zero-order valence-corrected chi connectivity index (χ0v) is 12.2. The van der Waals surface area contributed by atoms with Gasteiger partial charge in [0, 0.05) is 45.2 Å². The first-order chi connectivity index (χ1) is 9.50. The van der Waals surface area contributed by atoms with Crippen molar-refractivity contribution in [3.63, 3.8) is 0 Å². The van der Waals surface area contributed by atoms with Gasteiger partial charge in [0.25, 0.3) is 0 Å². The zero-order valence-electron chi connectivity index (χ0n) is 12.2. The normalized spacial score (nSPS) is 16.8. The Labute approximate surface area is 119 Å². The number of nitrogens with one attached hydrogen (secondary N) is 1. The Morgan fingerprint density at radius 2 is 2.05 bits per heavy atom. The van der Waals surface area contributed by atoms with Crippen LogP contribution in [0.25, 0.3) is 0 Å². The van der Waals surface area contributed by atoms with Crippen molar-refractivity contribution >= 4 is 17.6 Å². The van der Waals surface area contributed by atoms with Crippen molar-refractivity contribution < 1.29 is 9.59 Å². The van der Waals surface area contributed by atoms with E-state index in [-0.39, 0.29) is 11.9 Å². The number of carbonyl (C=O) groups is 2. The summed E-state index contributed by atoms with van der Waals surface area (Å²) in [5.41, 5.74) is 2.17. The van der Waals surface area contributed by atoms with E-state index in [4.69, 9.17) is 0 Å². The maximum atomic E-state index is 12.2. The predicted molar refractivity (Wildman–Crippen MR) is 78.9 cm³/mol. The number of benzene rings is 1. The number of hydrogen-bond donors (Lipinski definition) is 1. The van der Waals surface area contributed by atoms with Gasteiger partial charge in [-0.25, -0.2) is 4.79 Å². The number of anilines is 1. The Bertz CT molecular complexity index is 514. The highest BCUT2D eigenvalue weighted by molar-refractivity contribution is 5.94. The number of fused-ring (bicyclic) bond motifs is 1. The molecular weight excluding hydrogens is 254 g/mol. The van der Waals surface area contributed by atoms with Crippen molar-refractivity contribution in [3.05, 3.63) is 29.8 Å². The summed E-state index contributed by atoms with van der Waals surface area (Å²) in [6.07, 6.45) is 0.323. The van der Waals surface area contributed by atoms with E-state index in [1.807, 2.05) is 18.2 Å². The predicted octanol–water partition coefficient (Wildman–Crippen LogP) is 1.80. The molecule has 0 aliphatic carbocycles. The number of amides is 3.